The van der Waals surface area contributed by atoms with Crippen LogP contribution in [-0.4, -0.2) is 42.2 Å². The van der Waals surface area contributed by atoms with Gasteiger partial charge >= 0.3 is 0 Å². The van der Waals surface area contributed by atoms with Gasteiger partial charge in [0.15, 0.2) is 0 Å². The van der Waals surface area contributed by atoms with Crippen LogP contribution < -0.4 is 5.32 Å². The molecule has 0 heterocycles. The van der Waals surface area contributed by atoms with E-state index < -0.39 is 0 Å². The fraction of sp³-hybridized carbons (Fsp3) is 0.480. The molecule has 1 amide bonds. The number of carbonyl (C=O) groups is 1. The Bertz CT molecular complexity index is 784. The number of amides is 1. The lowest BCUT2D eigenvalue weighted by Crippen LogP contribution is -2.39. The van der Waals surface area contributed by atoms with E-state index in [2.05, 4.69) is 29.6 Å². The van der Waals surface area contributed by atoms with Crippen molar-refractivity contribution in [3.8, 4) is 0 Å². The van der Waals surface area contributed by atoms with E-state index in [9.17, 15) is 9.18 Å². The Morgan fingerprint density at radius 3 is 2.33 bits per heavy atom. The van der Waals surface area contributed by atoms with Gasteiger partial charge in [0.2, 0.25) is 0 Å². The largest absolute Gasteiger partial charge is 0.396 e. The molecule has 0 unspecified atom stereocenters. The predicted molar refractivity (Wildman–Crippen MR) is 118 cm³/mol. The first-order valence-electron chi connectivity index (χ1n) is 11.0. The Hall–Kier alpha value is -2.24. The summed E-state index contributed by atoms with van der Waals surface area (Å²) in [5, 5.41) is 12.2. The Balaban J connectivity index is 1.46. The lowest BCUT2D eigenvalue weighted by molar-refractivity contribution is 0.0689. The Morgan fingerprint density at radius 2 is 1.70 bits per heavy atom. The molecule has 30 heavy (non-hydrogen) atoms. The minimum atomic E-state index is -0.321. The first-order valence-corrected chi connectivity index (χ1v) is 11.0. The molecule has 5 heteroatoms. The van der Waals surface area contributed by atoms with Crippen molar-refractivity contribution in [3.63, 3.8) is 0 Å². The summed E-state index contributed by atoms with van der Waals surface area (Å²) in [7, 11) is 1.86. The molecule has 2 N–H and O–H groups in total. The van der Waals surface area contributed by atoms with Gasteiger partial charge in [-0.1, -0.05) is 24.3 Å². The van der Waals surface area contributed by atoms with Gasteiger partial charge in [-0.25, -0.2) is 4.39 Å². The number of hydrogen-bond acceptors (Lipinski definition) is 3. The Kier molecular flexibility index (Phi) is 8.40. The van der Waals surface area contributed by atoms with Gasteiger partial charge < -0.3 is 15.3 Å². The van der Waals surface area contributed by atoms with E-state index in [1.807, 2.05) is 11.9 Å². The number of hydrogen-bond donors (Lipinski definition) is 2. The standard InChI is InChI=1S/C25H33FN2O2/c1-28(25(30)22-8-12-23(26)13-9-22)24-14-10-21(11-15-24)20-6-4-19(5-7-20)18-27-16-2-3-17-29/h4-9,12-13,21,24,27,29H,2-3,10-11,14-18H2,1H3. The minimum Gasteiger partial charge on any atom is -0.396 e. The third-order valence-electron chi connectivity index (χ3n) is 6.20. The van der Waals surface area contributed by atoms with Crippen molar-refractivity contribution in [1.29, 1.82) is 0 Å². The molecule has 0 bridgehead atoms. The molecule has 1 fully saturated rings. The van der Waals surface area contributed by atoms with Crippen LogP contribution in [0, 0.1) is 5.82 Å². The van der Waals surface area contributed by atoms with Crippen LogP contribution in [0.25, 0.3) is 0 Å². The molecule has 1 saturated carbocycles. The van der Waals surface area contributed by atoms with Crippen LogP contribution in [0.1, 0.15) is 65.9 Å². The fourth-order valence-corrected chi connectivity index (χ4v) is 4.26. The second-order valence-corrected chi connectivity index (χ2v) is 8.28. The van der Waals surface area contributed by atoms with Gasteiger partial charge in [0.05, 0.1) is 0 Å². The van der Waals surface area contributed by atoms with Crippen LogP contribution in [0.15, 0.2) is 48.5 Å². The summed E-state index contributed by atoms with van der Waals surface area (Å²) < 4.78 is 13.1. The third kappa shape index (κ3) is 6.13. The first kappa shape index (κ1) is 22.4. The summed E-state index contributed by atoms with van der Waals surface area (Å²) in [4.78, 5) is 14.5. The maximum atomic E-state index is 13.1. The second kappa shape index (κ2) is 11.2. The van der Waals surface area contributed by atoms with Gasteiger partial charge in [0, 0.05) is 31.8 Å². The number of aliphatic hydroxyl groups excluding tert-OH is 1. The maximum Gasteiger partial charge on any atom is 0.253 e. The fourth-order valence-electron chi connectivity index (χ4n) is 4.26. The lowest BCUT2D eigenvalue weighted by atomic mass is 9.81. The van der Waals surface area contributed by atoms with Gasteiger partial charge in [0.1, 0.15) is 5.82 Å². The number of carbonyl (C=O) groups excluding carboxylic acids is 1. The summed E-state index contributed by atoms with van der Waals surface area (Å²) in [6.45, 7) is 2.04. The van der Waals surface area contributed by atoms with E-state index in [1.165, 1.54) is 23.3 Å². The van der Waals surface area contributed by atoms with Crippen molar-refractivity contribution < 1.29 is 14.3 Å². The van der Waals surface area contributed by atoms with Crippen LogP contribution >= 0.6 is 0 Å². The average molecular weight is 413 g/mol. The Morgan fingerprint density at radius 1 is 1.03 bits per heavy atom. The minimum absolute atomic E-state index is 0.0331. The van der Waals surface area contributed by atoms with E-state index in [0.717, 1.165) is 51.6 Å². The lowest BCUT2D eigenvalue weighted by Gasteiger charge is -2.35. The van der Waals surface area contributed by atoms with Gasteiger partial charge in [-0.2, -0.15) is 0 Å². The highest BCUT2D eigenvalue weighted by molar-refractivity contribution is 5.94. The number of nitrogens with zero attached hydrogens (tertiary/aromatic N) is 1. The Labute approximate surface area is 179 Å². The van der Waals surface area contributed by atoms with Gasteiger partial charge in [-0.05, 0) is 86.4 Å². The molecule has 0 saturated heterocycles. The zero-order chi connectivity index (χ0) is 21.3. The van der Waals surface area contributed by atoms with Crippen molar-refractivity contribution in [2.45, 2.75) is 57.0 Å². The van der Waals surface area contributed by atoms with E-state index >= 15 is 0 Å². The van der Waals surface area contributed by atoms with Crippen molar-refractivity contribution in [2.24, 2.45) is 0 Å². The summed E-state index contributed by atoms with van der Waals surface area (Å²) >= 11 is 0. The average Bonchev–Trinajstić information content (AvgIpc) is 2.79. The van der Waals surface area contributed by atoms with Crippen molar-refractivity contribution >= 4 is 5.91 Å². The predicted octanol–water partition coefficient (Wildman–Crippen LogP) is 4.49. The summed E-state index contributed by atoms with van der Waals surface area (Å²) in [5.41, 5.74) is 3.20. The molecule has 1 aliphatic carbocycles. The molecular weight excluding hydrogens is 379 g/mol. The van der Waals surface area contributed by atoms with Crippen LogP contribution in [0.3, 0.4) is 0 Å². The monoisotopic (exact) mass is 412 g/mol. The van der Waals surface area contributed by atoms with Crippen molar-refractivity contribution in [2.75, 3.05) is 20.2 Å². The maximum absolute atomic E-state index is 13.1. The molecule has 1 aliphatic rings. The molecule has 162 valence electrons. The highest BCUT2D eigenvalue weighted by Crippen LogP contribution is 2.35. The molecule has 4 nitrogen and oxygen atoms in total. The molecule has 0 aromatic heterocycles. The molecule has 2 aromatic carbocycles. The number of nitrogens with one attached hydrogen (secondary N) is 1. The smallest absolute Gasteiger partial charge is 0.253 e. The zero-order valence-corrected chi connectivity index (χ0v) is 17.8. The SMILES string of the molecule is CN(C(=O)c1ccc(F)cc1)C1CCC(c2ccc(CNCCCCO)cc2)CC1. The molecule has 0 radical (unpaired) electrons. The number of benzene rings is 2. The second-order valence-electron chi connectivity index (χ2n) is 8.28. The van der Waals surface area contributed by atoms with Crippen LogP contribution in [-0.2, 0) is 6.54 Å². The molecular formula is C25H33FN2O2. The number of halogens is 1. The number of rotatable bonds is 9. The zero-order valence-electron chi connectivity index (χ0n) is 17.8. The third-order valence-corrected chi connectivity index (χ3v) is 6.20. The topological polar surface area (TPSA) is 52.6 Å². The van der Waals surface area contributed by atoms with Crippen LogP contribution in [0.4, 0.5) is 4.39 Å². The quantitative estimate of drug-likeness (QED) is 0.597. The van der Waals surface area contributed by atoms with E-state index in [1.54, 1.807) is 12.1 Å². The van der Waals surface area contributed by atoms with Gasteiger partial charge in [-0.3, -0.25) is 4.79 Å². The molecule has 0 atom stereocenters. The van der Waals surface area contributed by atoms with Crippen LogP contribution in [0.5, 0.6) is 0 Å². The highest BCUT2D eigenvalue weighted by Gasteiger charge is 2.27. The van der Waals surface area contributed by atoms with E-state index in [0.29, 0.717) is 11.5 Å². The van der Waals surface area contributed by atoms with Crippen molar-refractivity contribution in [1.82, 2.24) is 10.2 Å². The highest BCUT2D eigenvalue weighted by atomic mass is 19.1. The van der Waals surface area contributed by atoms with Gasteiger partial charge in [-0.15, -0.1) is 0 Å². The first-order chi connectivity index (χ1) is 14.6. The number of unbranched alkanes of at least 4 members (excludes halogenated alkanes) is 1. The molecule has 3 rings (SSSR count). The summed E-state index contributed by atoms with van der Waals surface area (Å²) in [5.74, 6) is 0.189. The van der Waals surface area contributed by atoms with Gasteiger partial charge in [0.25, 0.3) is 5.91 Å². The normalized spacial score (nSPS) is 18.9. The van der Waals surface area contributed by atoms with Crippen LogP contribution in [0.2, 0.25) is 0 Å². The van der Waals surface area contributed by atoms with Crippen molar-refractivity contribution in [3.05, 3.63) is 71.0 Å². The van der Waals surface area contributed by atoms with E-state index in [-0.39, 0.29) is 24.4 Å². The molecule has 2 aromatic rings. The van der Waals surface area contributed by atoms with E-state index in [4.69, 9.17) is 5.11 Å². The molecule has 0 spiro atoms. The molecule has 0 aliphatic heterocycles. The summed E-state index contributed by atoms with van der Waals surface area (Å²) in [6.07, 6.45) is 5.97. The summed E-state index contributed by atoms with van der Waals surface area (Å²) in [6, 6.07) is 14.9. The number of aliphatic hydroxyl groups is 1.